The van der Waals surface area contributed by atoms with Crippen molar-refractivity contribution in [3.8, 4) is 29.3 Å². The molecule has 4 rings (SSSR count). The monoisotopic (exact) mass is 463 g/mol. The summed E-state index contributed by atoms with van der Waals surface area (Å²) in [5.41, 5.74) is 1.93. The molecule has 4 aromatic rings. The number of nitriles is 3. The molecule has 1 heterocycles. The molecular weight excluding hydrogens is 448 g/mol. The summed E-state index contributed by atoms with van der Waals surface area (Å²) in [4.78, 5) is 9.55. The Hall–Kier alpha value is -5.33. The van der Waals surface area contributed by atoms with E-state index in [9.17, 15) is 5.26 Å². The van der Waals surface area contributed by atoms with Crippen LogP contribution in [0.1, 0.15) is 11.1 Å². The van der Waals surface area contributed by atoms with Crippen LogP contribution in [0.5, 0.6) is 0 Å². The molecule has 0 saturated heterocycles. The van der Waals surface area contributed by atoms with Crippen LogP contribution in [0, 0.1) is 45.6 Å². The van der Waals surface area contributed by atoms with Gasteiger partial charge in [-0.25, -0.2) is 13.8 Å². The van der Waals surface area contributed by atoms with E-state index in [4.69, 9.17) is 10.5 Å². The molecule has 1 N–H and O–H groups in total. The van der Waals surface area contributed by atoms with Crippen LogP contribution in [0.15, 0.2) is 72.9 Å². The summed E-state index contributed by atoms with van der Waals surface area (Å²) < 4.78 is 30.4. The van der Waals surface area contributed by atoms with Gasteiger partial charge in [-0.15, -0.1) is 0 Å². The highest BCUT2D eigenvalue weighted by Gasteiger charge is 2.21. The third kappa shape index (κ3) is 5.03. The molecular formula is C26H15F2N7. The zero-order valence-corrected chi connectivity index (χ0v) is 18.1. The Morgan fingerprint density at radius 3 is 1.97 bits per heavy atom. The Bertz CT molecular complexity index is 1470. The molecule has 0 aliphatic heterocycles. The number of hydrogen-bond donors (Lipinski definition) is 1. The van der Waals surface area contributed by atoms with Crippen molar-refractivity contribution in [1.29, 1.82) is 15.8 Å². The van der Waals surface area contributed by atoms with E-state index in [0.717, 1.165) is 4.90 Å². The fourth-order valence-electron chi connectivity index (χ4n) is 3.39. The van der Waals surface area contributed by atoms with Gasteiger partial charge in [0.2, 0.25) is 5.95 Å². The van der Waals surface area contributed by atoms with Crippen molar-refractivity contribution >= 4 is 23.1 Å². The number of halogens is 2. The van der Waals surface area contributed by atoms with Crippen LogP contribution >= 0.6 is 0 Å². The number of hydrogen-bond acceptors (Lipinski definition) is 7. The van der Waals surface area contributed by atoms with Gasteiger partial charge in [0, 0.05) is 11.9 Å². The Morgan fingerprint density at radius 1 is 0.800 bits per heavy atom. The number of aromatic nitrogens is 2. The van der Waals surface area contributed by atoms with Gasteiger partial charge in [0.1, 0.15) is 18.1 Å². The smallest absolute Gasteiger partial charge is 0.229 e. The van der Waals surface area contributed by atoms with E-state index in [1.165, 1.54) is 24.4 Å². The van der Waals surface area contributed by atoms with E-state index >= 15 is 8.78 Å². The minimum atomic E-state index is -0.875. The zero-order chi connectivity index (χ0) is 24.8. The molecule has 0 aliphatic rings. The lowest BCUT2D eigenvalue weighted by Gasteiger charge is -2.23. The molecule has 0 radical (unpaired) electrons. The van der Waals surface area contributed by atoms with Gasteiger partial charge in [0.15, 0.2) is 11.6 Å². The number of rotatable bonds is 6. The SMILES string of the molecule is N#CCN(c1ccnc(Nc2ccc(C#N)cc2)n1)c1c(F)cc(-c2ccc(C#N)cc2)cc1F. The van der Waals surface area contributed by atoms with Crippen LogP contribution in [0.25, 0.3) is 11.1 Å². The molecule has 0 atom stereocenters. The summed E-state index contributed by atoms with van der Waals surface area (Å²) >= 11 is 0. The van der Waals surface area contributed by atoms with Crippen LogP contribution in [-0.4, -0.2) is 16.5 Å². The molecule has 0 unspecified atom stereocenters. The molecule has 7 nitrogen and oxygen atoms in total. The van der Waals surface area contributed by atoms with Crippen molar-refractivity contribution < 1.29 is 8.78 Å². The van der Waals surface area contributed by atoms with Crippen molar-refractivity contribution in [1.82, 2.24) is 9.97 Å². The van der Waals surface area contributed by atoms with Crippen molar-refractivity contribution in [2.24, 2.45) is 0 Å². The van der Waals surface area contributed by atoms with Crippen LogP contribution in [0.2, 0.25) is 0 Å². The molecule has 3 aromatic carbocycles. The molecule has 9 heteroatoms. The van der Waals surface area contributed by atoms with E-state index in [0.29, 0.717) is 22.4 Å². The minimum Gasteiger partial charge on any atom is -0.324 e. The van der Waals surface area contributed by atoms with E-state index < -0.39 is 17.3 Å². The highest BCUT2D eigenvalue weighted by atomic mass is 19.1. The van der Waals surface area contributed by atoms with E-state index in [1.54, 1.807) is 48.5 Å². The van der Waals surface area contributed by atoms with E-state index in [1.807, 2.05) is 18.2 Å². The molecule has 1 aromatic heterocycles. The summed E-state index contributed by atoms with van der Waals surface area (Å²) in [5, 5.41) is 30.2. The van der Waals surface area contributed by atoms with Crippen molar-refractivity contribution in [3.05, 3.63) is 95.7 Å². The summed E-state index contributed by atoms with van der Waals surface area (Å²) in [6.45, 7) is -0.364. The van der Waals surface area contributed by atoms with Gasteiger partial charge in [0.05, 0.1) is 29.3 Å². The van der Waals surface area contributed by atoms with Gasteiger partial charge >= 0.3 is 0 Å². The fourth-order valence-corrected chi connectivity index (χ4v) is 3.39. The number of anilines is 4. The van der Waals surface area contributed by atoms with Gasteiger partial charge < -0.3 is 10.2 Å². The first-order valence-corrected chi connectivity index (χ1v) is 10.3. The Labute approximate surface area is 199 Å². The highest BCUT2D eigenvalue weighted by molar-refractivity contribution is 5.71. The second-order valence-electron chi connectivity index (χ2n) is 7.27. The minimum absolute atomic E-state index is 0.113. The zero-order valence-electron chi connectivity index (χ0n) is 18.1. The summed E-state index contributed by atoms with van der Waals surface area (Å²) in [6, 6.07) is 22.6. The van der Waals surface area contributed by atoms with Gasteiger partial charge in [-0.05, 0) is 65.7 Å². The predicted molar refractivity (Wildman–Crippen MR) is 126 cm³/mol. The van der Waals surface area contributed by atoms with E-state index in [-0.39, 0.29) is 23.9 Å². The molecule has 0 amide bonds. The molecule has 0 saturated carbocycles. The fraction of sp³-hybridized carbons (Fsp3) is 0.0385. The lowest BCUT2D eigenvalue weighted by Crippen LogP contribution is -2.21. The van der Waals surface area contributed by atoms with Crippen LogP contribution in [-0.2, 0) is 0 Å². The topological polar surface area (TPSA) is 112 Å². The summed E-state index contributed by atoms with van der Waals surface area (Å²) in [6.07, 6.45) is 1.40. The first-order chi connectivity index (χ1) is 17.0. The van der Waals surface area contributed by atoms with Crippen LogP contribution in [0.4, 0.5) is 31.9 Å². The maximum absolute atomic E-state index is 15.2. The second kappa shape index (κ2) is 10.1. The molecule has 0 bridgehead atoms. The van der Waals surface area contributed by atoms with Gasteiger partial charge in [-0.3, -0.25) is 0 Å². The average molecular weight is 463 g/mol. The quantitative estimate of drug-likeness (QED) is 0.372. The molecule has 35 heavy (non-hydrogen) atoms. The van der Waals surface area contributed by atoms with Crippen molar-refractivity contribution in [2.45, 2.75) is 0 Å². The first kappa shape index (κ1) is 22.8. The maximum Gasteiger partial charge on any atom is 0.229 e. The lowest BCUT2D eigenvalue weighted by atomic mass is 10.0. The first-order valence-electron chi connectivity index (χ1n) is 10.3. The molecule has 0 aliphatic carbocycles. The third-order valence-electron chi connectivity index (χ3n) is 5.05. The van der Waals surface area contributed by atoms with Crippen LogP contribution < -0.4 is 10.2 Å². The Morgan fingerprint density at radius 2 is 1.40 bits per heavy atom. The van der Waals surface area contributed by atoms with Crippen LogP contribution in [0.3, 0.4) is 0 Å². The predicted octanol–water partition coefficient (Wildman–Crippen LogP) is 5.57. The molecule has 168 valence electrons. The summed E-state index contributed by atoms with van der Waals surface area (Å²) in [7, 11) is 0. The Balaban J connectivity index is 1.67. The molecule has 0 fully saturated rings. The molecule has 0 spiro atoms. The average Bonchev–Trinajstić information content (AvgIpc) is 2.88. The van der Waals surface area contributed by atoms with Gasteiger partial charge in [-0.1, -0.05) is 12.1 Å². The largest absolute Gasteiger partial charge is 0.324 e. The lowest BCUT2D eigenvalue weighted by molar-refractivity contribution is 0.583. The normalized spacial score (nSPS) is 10.0. The number of nitrogens with one attached hydrogen (secondary N) is 1. The van der Waals surface area contributed by atoms with Crippen molar-refractivity contribution in [2.75, 3.05) is 16.8 Å². The van der Waals surface area contributed by atoms with Crippen molar-refractivity contribution in [3.63, 3.8) is 0 Å². The standard InChI is InChI=1S/C26H15F2N7/c27-22-13-20(19-5-1-17(15-30)2-6-19)14-23(28)25(22)35(12-10-29)24-9-11-32-26(34-24)33-21-7-3-18(16-31)4-8-21/h1-9,11,13-14H,12H2,(H,32,33,34). The third-order valence-corrected chi connectivity index (χ3v) is 5.05. The number of benzene rings is 3. The second-order valence-corrected chi connectivity index (χ2v) is 7.27. The van der Waals surface area contributed by atoms with Gasteiger partial charge in [0.25, 0.3) is 0 Å². The van der Waals surface area contributed by atoms with E-state index in [2.05, 4.69) is 15.3 Å². The Kier molecular flexibility index (Phi) is 6.58. The highest BCUT2D eigenvalue weighted by Crippen LogP contribution is 2.33. The van der Waals surface area contributed by atoms with Gasteiger partial charge in [-0.2, -0.15) is 20.8 Å². The number of nitrogens with zero attached hydrogens (tertiary/aromatic N) is 6. The summed E-state index contributed by atoms with van der Waals surface area (Å²) in [5.74, 6) is -1.49. The maximum atomic E-state index is 15.2.